The average molecular weight is 287 g/mol. The van der Waals surface area contributed by atoms with Crippen LogP contribution in [0.3, 0.4) is 0 Å². The zero-order chi connectivity index (χ0) is 15.1. The monoisotopic (exact) mass is 287 g/mol. The van der Waals surface area contributed by atoms with Gasteiger partial charge in [-0.15, -0.1) is 0 Å². The molecule has 0 amide bonds. The van der Waals surface area contributed by atoms with E-state index in [0.29, 0.717) is 0 Å². The van der Waals surface area contributed by atoms with Gasteiger partial charge < -0.3 is 4.57 Å². The third-order valence-electron chi connectivity index (χ3n) is 4.88. The normalized spacial score (nSPS) is 14.0. The van der Waals surface area contributed by atoms with Crippen molar-refractivity contribution in [2.75, 3.05) is 0 Å². The minimum atomic E-state index is 1.19. The summed E-state index contributed by atoms with van der Waals surface area (Å²) in [4.78, 5) is 0. The lowest BCUT2D eigenvalue weighted by molar-refractivity contribution is 0.666. The Hall–Kier alpha value is -2.28. The Balaban J connectivity index is 2.04. The number of benzene rings is 2. The van der Waals surface area contributed by atoms with Gasteiger partial charge in [-0.3, -0.25) is 0 Å². The van der Waals surface area contributed by atoms with Crippen LogP contribution in [0.25, 0.3) is 22.7 Å². The van der Waals surface area contributed by atoms with Gasteiger partial charge in [0.25, 0.3) is 0 Å². The Bertz CT molecular complexity index is 867. The van der Waals surface area contributed by atoms with Crippen molar-refractivity contribution in [1.29, 1.82) is 0 Å². The summed E-state index contributed by atoms with van der Waals surface area (Å²) in [6.45, 7) is 6.08. The molecule has 4 rings (SSSR count). The van der Waals surface area contributed by atoms with Gasteiger partial charge >= 0.3 is 0 Å². The SMILES string of the molecule is C=Cc1ccc(-n2c3c(c4ccccc42)CCCC3)c(C)c1. The fraction of sp³-hybridized carbons (Fsp3) is 0.238. The van der Waals surface area contributed by atoms with Crippen LogP contribution in [0.1, 0.15) is 35.2 Å². The standard InChI is InChI=1S/C21H21N/c1-3-16-12-13-19(15(2)14-16)22-20-10-6-4-8-17(20)18-9-5-7-11-21(18)22/h3-4,6,8,10,12-14H,1,5,7,9,11H2,2H3. The van der Waals surface area contributed by atoms with Gasteiger partial charge in [0.05, 0.1) is 5.52 Å². The first-order valence-electron chi connectivity index (χ1n) is 8.14. The van der Waals surface area contributed by atoms with Crippen LogP contribution in [0.4, 0.5) is 0 Å². The molecule has 0 aliphatic heterocycles. The fourth-order valence-corrected chi connectivity index (χ4v) is 3.83. The molecule has 0 spiro atoms. The van der Waals surface area contributed by atoms with Gasteiger partial charge in [0.15, 0.2) is 0 Å². The predicted molar refractivity (Wildman–Crippen MR) is 94.7 cm³/mol. The number of fused-ring (bicyclic) bond motifs is 3. The Morgan fingerprint density at radius 2 is 1.86 bits per heavy atom. The largest absolute Gasteiger partial charge is 0.313 e. The van der Waals surface area contributed by atoms with Crippen molar-refractivity contribution in [2.45, 2.75) is 32.6 Å². The van der Waals surface area contributed by atoms with E-state index in [1.165, 1.54) is 59.1 Å². The first-order chi connectivity index (χ1) is 10.8. The van der Waals surface area contributed by atoms with Crippen molar-refractivity contribution < 1.29 is 0 Å². The number of rotatable bonds is 2. The average Bonchev–Trinajstić information content (AvgIpc) is 2.89. The van der Waals surface area contributed by atoms with Crippen LogP contribution in [-0.2, 0) is 12.8 Å². The summed E-state index contributed by atoms with van der Waals surface area (Å²) in [5, 5.41) is 1.43. The quantitative estimate of drug-likeness (QED) is 0.589. The number of aromatic nitrogens is 1. The van der Waals surface area contributed by atoms with Crippen molar-refractivity contribution in [2.24, 2.45) is 0 Å². The van der Waals surface area contributed by atoms with E-state index in [0.717, 1.165) is 0 Å². The van der Waals surface area contributed by atoms with Crippen LogP contribution in [-0.4, -0.2) is 4.57 Å². The molecule has 0 saturated heterocycles. The van der Waals surface area contributed by atoms with Crippen molar-refractivity contribution in [1.82, 2.24) is 4.57 Å². The van der Waals surface area contributed by atoms with E-state index in [1.807, 2.05) is 6.08 Å². The van der Waals surface area contributed by atoms with Crippen molar-refractivity contribution >= 4 is 17.0 Å². The molecule has 3 aromatic rings. The molecule has 0 atom stereocenters. The summed E-state index contributed by atoms with van der Waals surface area (Å²) in [6.07, 6.45) is 6.93. The predicted octanol–water partition coefficient (Wildman–Crippen LogP) is 5.46. The molecule has 2 aromatic carbocycles. The van der Waals surface area contributed by atoms with E-state index >= 15 is 0 Å². The molecule has 1 aromatic heterocycles. The van der Waals surface area contributed by atoms with E-state index in [9.17, 15) is 0 Å². The summed E-state index contributed by atoms with van der Waals surface area (Å²) < 4.78 is 2.49. The zero-order valence-electron chi connectivity index (χ0n) is 13.1. The first kappa shape index (κ1) is 13.4. The van der Waals surface area contributed by atoms with E-state index in [-0.39, 0.29) is 0 Å². The molecule has 1 aliphatic carbocycles. The van der Waals surface area contributed by atoms with Gasteiger partial charge in [0.1, 0.15) is 0 Å². The molecular formula is C21H21N. The maximum atomic E-state index is 3.88. The Morgan fingerprint density at radius 3 is 2.68 bits per heavy atom. The third-order valence-corrected chi connectivity index (χ3v) is 4.88. The molecule has 0 N–H and O–H groups in total. The molecule has 1 heteroatoms. The number of hydrogen-bond acceptors (Lipinski definition) is 0. The van der Waals surface area contributed by atoms with Gasteiger partial charge in [-0.2, -0.15) is 0 Å². The molecule has 0 fully saturated rings. The molecule has 1 nitrogen and oxygen atoms in total. The lowest BCUT2D eigenvalue weighted by atomic mass is 9.95. The fourth-order valence-electron chi connectivity index (χ4n) is 3.83. The lowest BCUT2D eigenvalue weighted by Crippen LogP contribution is -2.08. The zero-order valence-corrected chi connectivity index (χ0v) is 13.1. The first-order valence-corrected chi connectivity index (χ1v) is 8.14. The molecule has 0 saturated carbocycles. The summed E-state index contributed by atoms with van der Waals surface area (Å²) in [5.41, 5.74) is 8.24. The van der Waals surface area contributed by atoms with Crippen molar-refractivity contribution in [3.05, 3.63) is 71.4 Å². The molecule has 0 radical (unpaired) electrons. The van der Waals surface area contributed by atoms with Crippen LogP contribution in [0, 0.1) is 6.92 Å². The minimum Gasteiger partial charge on any atom is -0.313 e. The molecular weight excluding hydrogens is 266 g/mol. The van der Waals surface area contributed by atoms with Crippen LogP contribution < -0.4 is 0 Å². The van der Waals surface area contributed by atoms with E-state index < -0.39 is 0 Å². The Kier molecular flexibility index (Phi) is 3.15. The molecule has 1 aliphatic rings. The minimum absolute atomic E-state index is 1.19. The van der Waals surface area contributed by atoms with Gasteiger partial charge in [-0.25, -0.2) is 0 Å². The maximum Gasteiger partial charge on any atom is 0.0534 e. The number of para-hydroxylation sites is 1. The van der Waals surface area contributed by atoms with Gasteiger partial charge in [0, 0.05) is 16.8 Å². The highest BCUT2D eigenvalue weighted by atomic mass is 15.0. The third kappa shape index (κ3) is 1.93. The molecule has 0 unspecified atom stereocenters. The number of nitrogens with zero attached hydrogens (tertiary/aromatic N) is 1. The van der Waals surface area contributed by atoms with Crippen molar-refractivity contribution in [3.8, 4) is 5.69 Å². The molecule has 110 valence electrons. The highest BCUT2D eigenvalue weighted by molar-refractivity contribution is 5.88. The molecule has 22 heavy (non-hydrogen) atoms. The topological polar surface area (TPSA) is 4.93 Å². The second-order valence-electron chi connectivity index (χ2n) is 6.23. The smallest absolute Gasteiger partial charge is 0.0534 e. The van der Waals surface area contributed by atoms with Gasteiger partial charge in [0.2, 0.25) is 0 Å². The second-order valence-corrected chi connectivity index (χ2v) is 6.23. The van der Waals surface area contributed by atoms with Crippen LogP contribution in [0.15, 0.2) is 49.0 Å². The van der Waals surface area contributed by atoms with Crippen LogP contribution in [0.2, 0.25) is 0 Å². The van der Waals surface area contributed by atoms with Crippen molar-refractivity contribution in [3.63, 3.8) is 0 Å². The van der Waals surface area contributed by atoms with Gasteiger partial charge in [-0.1, -0.05) is 36.9 Å². The van der Waals surface area contributed by atoms with Crippen LogP contribution in [0.5, 0.6) is 0 Å². The summed E-state index contributed by atoms with van der Waals surface area (Å²) in [7, 11) is 0. The summed E-state index contributed by atoms with van der Waals surface area (Å²) >= 11 is 0. The number of aryl methyl sites for hydroxylation is 2. The highest BCUT2D eigenvalue weighted by Gasteiger charge is 2.21. The molecule has 1 heterocycles. The Morgan fingerprint density at radius 1 is 1.05 bits per heavy atom. The van der Waals surface area contributed by atoms with E-state index in [2.05, 4.69) is 60.5 Å². The van der Waals surface area contributed by atoms with Gasteiger partial charge in [-0.05, 0) is 67.5 Å². The van der Waals surface area contributed by atoms with E-state index in [4.69, 9.17) is 0 Å². The number of hydrogen-bond donors (Lipinski definition) is 0. The van der Waals surface area contributed by atoms with E-state index in [1.54, 1.807) is 5.56 Å². The molecule has 0 bridgehead atoms. The van der Waals surface area contributed by atoms with Crippen LogP contribution >= 0.6 is 0 Å². The Labute approximate surface area is 131 Å². The summed E-state index contributed by atoms with van der Waals surface area (Å²) in [5.74, 6) is 0. The second kappa shape index (κ2) is 5.17. The lowest BCUT2D eigenvalue weighted by Gasteiger charge is -2.18. The highest BCUT2D eigenvalue weighted by Crippen LogP contribution is 2.35. The summed E-state index contributed by atoms with van der Waals surface area (Å²) in [6, 6.07) is 15.5. The maximum absolute atomic E-state index is 3.88.